The van der Waals surface area contributed by atoms with Crippen LogP contribution in [0.5, 0.6) is 5.75 Å². The first kappa shape index (κ1) is 15.8. The molecule has 0 spiro atoms. The van der Waals surface area contributed by atoms with Crippen molar-refractivity contribution >= 4 is 17.5 Å². The van der Waals surface area contributed by atoms with E-state index in [-0.39, 0.29) is 11.8 Å². The van der Waals surface area contributed by atoms with Gasteiger partial charge in [-0.1, -0.05) is 18.7 Å². The first-order valence-corrected chi connectivity index (χ1v) is 6.99. The van der Waals surface area contributed by atoms with Crippen LogP contribution in [0.1, 0.15) is 19.4 Å². The number of rotatable bonds is 6. The van der Waals surface area contributed by atoms with E-state index in [0.717, 1.165) is 21.6 Å². The lowest BCUT2D eigenvalue weighted by molar-refractivity contribution is -0.119. The summed E-state index contributed by atoms with van der Waals surface area (Å²) in [6.07, 6.45) is 3.15. The van der Waals surface area contributed by atoms with Gasteiger partial charge in [0.1, 0.15) is 12.4 Å². The van der Waals surface area contributed by atoms with E-state index in [1.165, 1.54) is 12.2 Å². The van der Waals surface area contributed by atoms with E-state index in [9.17, 15) is 9.59 Å². The van der Waals surface area contributed by atoms with Crippen molar-refractivity contribution in [2.75, 3.05) is 11.5 Å². The quantitative estimate of drug-likeness (QED) is 0.598. The average Bonchev–Trinajstić information content (AvgIpc) is 2.76. The van der Waals surface area contributed by atoms with Gasteiger partial charge in [-0.15, -0.1) is 0 Å². The Morgan fingerprint density at radius 2 is 1.73 bits per heavy atom. The Kier molecular flexibility index (Phi) is 4.61. The zero-order valence-electron chi connectivity index (χ0n) is 12.9. The fourth-order valence-electron chi connectivity index (χ4n) is 2.16. The summed E-state index contributed by atoms with van der Waals surface area (Å²) in [4.78, 5) is 24.7. The normalized spacial score (nSPS) is 13.6. The highest BCUT2D eigenvalue weighted by Crippen LogP contribution is 2.29. The molecule has 0 unspecified atom stereocenters. The topological polar surface area (TPSA) is 46.6 Å². The van der Waals surface area contributed by atoms with Crippen molar-refractivity contribution in [2.45, 2.75) is 20.3 Å². The van der Waals surface area contributed by atoms with Gasteiger partial charge in [0.2, 0.25) is 0 Å². The van der Waals surface area contributed by atoms with Gasteiger partial charge in [-0.2, -0.15) is 0 Å². The summed E-state index contributed by atoms with van der Waals surface area (Å²) >= 11 is 0. The van der Waals surface area contributed by atoms with E-state index in [2.05, 4.69) is 13.2 Å². The molecule has 1 heterocycles. The molecule has 0 radical (unpaired) electrons. The Balaban J connectivity index is 2.34. The van der Waals surface area contributed by atoms with Crippen LogP contribution < -0.4 is 9.64 Å². The van der Waals surface area contributed by atoms with Crippen LogP contribution in [-0.2, 0) is 16.0 Å². The maximum Gasteiger partial charge on any atom is 0.258 e. The number of imide groups is 1. The molecule has 1 aliphatic rings. The summed E-state index contributed by atoms with van der Waals surface area (Å²) in [6.45, 7) is 12.0. The molecular weight excluding hydrogens is 278 g/mol. The van der Waals surface area contributed by atoms with Crippen molar-refractivity contribution in [1.29, 1.82) is 0 Å². The summed E-state index contributed by atoms with van der Waals surface area (Å²) in [5.41, 5.74) is 3.31. The number of carbonyl (C=O) groups excluding carboxylic acids is 2. The molecule has 2 rings (SSSR count). The second-order valence-corrected chi connectivity index (χ2v) is 5.52. The zero-order chi connectivity index (χ0) is 16.3. The Morgan fingerprint density at radius 1 is 1.09 bits per heavy atom. The number of carbonyl (C=O) groups is 2. The van der Waals surface area contributed by atoms with Crippen molar-refractivity contribution in [3.05, 3.63) is 60.2 Å². The van der Waals surface area contributed by atoms with Crippen molar-refractivity contribution in [1.82, 2.24) is 0 Å². The van der Waals surface area contributed by atoms with Gasteiger partial charge in [-0.05, 0) is 44.0 Å². The number of hydrogen-bond acceptors (Lipinski definition) is 3. The van der Waals surface area contributed by atoms with E-state index >= 15 is 0 Å². The minimum Gasteiger partial charge on any atom is -0.489 e. The third kappa shape index (κ3) is 3.52. The third-order valence-electron chi connectivity index (χ3n) is 3.08. The highest BCUT2D eigenvalue weighted by molar-refractivity contribution is 6.28. The van der Waals surface area contributed by atoms with E-state index in [1.807, 2.05) is 13.8 Å². The van der Waals surface area contributed by atoms with Crippen molar-refractivity contribution in [2.24, 2.45) is 0 Å². The molecule has 1 aromatic carbocycles. The number of allylic oxidation sites excluding steroid dienone is 1. The summed E-state index contributed by atoms with van der Waals surface area (Å²) in [7, 11) is 0. The van der Waals surface area contributed by atoms with Gasteiger partial charge in [0, 0.05) is 17.7 Å². The van der Waals surface area contributed by atoms with Crippen molar-refractivity contribution in [3.63, 3.8) is 0 Å². The summed E-state index contributed by atoms with van der Waals surface area (Å²) < 4.78 is 5.73. The largest absolute Gasteiger partial charge is 0.489 e. The Labute approximate surface area is 130 Å². The monoisotopic (exact) mass is 297 g/mol. The van der Waals surface area contributed by atoms with E-state index < -0.39 is 0 Å². The molecule has 0 fully saturated rings. The van der Waals surface area contributed by atoms with Gasteiger partial charge in [0.15, 0.2) is 0 Å². The number of hydrogen-bond donors (Lipinski definition) is 0. The predicted octanol–water partition coefficient (Wildman–Crippen LogP) is 3.19. The molecule has 1 aliphatic heterocycles. The summed E-state index contributed by atoms with van der Waals surface area (Å²) in [6, 6.07) is 5.28. The minimum atomic E-state index is -0.332. The number of benzene rings is 1. The Hall–Kier alpha value is -2.62. The molecular formula is C18H19NO3. The van der Waals surface area contributed by atoms with Crippen molar-refractivity contribution < 1.29 is 14.3 Å². The van der Waals surface area contributed by atoms with Gasteiger partial charge in [0.25, 0.3) is 11.8 Å². The zero-order valence-corrected chi connectivity index (χ0v) is 12.9. The smallest absolute Gasteiger partial charge is 0.258 e. The molecule has 22 heavy (non-hydrogen) atoms. The van der Waals surface area contributed by atoms with E-state index in [0.29, 0.717) is 24.5 Å². The van der Waals surface area contributed by atoms with Crippen LogP contribution in [0.2, 0.25) is 0 Å². The summed E-state index contributed by atoms with van der Waals surface area (Å²) in [5, 5.41) is 0. The lowest BCUT2D eigenvalue weighted by Crippen LogP contribution is -2.29. The first-order valence-electron chi connectivity index (χ1n) is 6.99. The van der Waals surface area contributed by atoms with Crippen molar-refractivity contribution in [3.8, 4) is 5.75 Å². The molecule has 0 saturated heterocycles. The second-order valence-electron chi connectivity index (χ2n) is 5.52. The van der Waals surface area contributed by atoms with Crippen LogP contribution in [0.15, 0.2) is 54.7 Å². The highest BCUT2D eigenvalue weighted by atomic mass is 16.5. The number of nitrogens with zero attached hydrogens (tertiary/aromatic N) is 1. The number of anilines is 1. The molecule has 2 amide bonds. The number of amides is 2. The maximum atomic E-state index is 11.8. The molecule has 0 bridgehead atoms. The molecule has 114 valence electrons. The summed E-state index contributed by atoms with van der Waals surface area (Å²) in [5.74, 6) is 0.0468. The van der Waals surface area contributed by atoms with Gasteiger partial charge < -0.3 is 4.74 Å². The molecule has 0 atom stereocenters. The standard InChI is InChI=1S/C18H19NO3/c1-12(2)9-14-10-15(19-17(20)7-8-18(19)21)5-6-16(14)22-11-13(3)4/h5-8,10H,1,3,9,11H2,2,4H3. The Morgan fingerprint density at radius 3 is 2.27 bits per heavy atom. The lowest BCUT2D eigenvalue weighted by atomic mass is 10.1. The van der Waals surface area contributed by atoms with Crippen LogP contribution >= 0.6 is 0 Å². The maximum absolute atomic E-state index is 11.8. The third-order valence-corrected chi connectivity index (χ3v) is 3.08. The van der Waals surface area contributed by atoms with Crippen LogP contribution in [0.3, 0.4) is 0 Å². The predicted molar refractivity (Wildman–Crippen MR) is 86.9 cm³/mol. The second kappa shape index (κ2) is 6.43. The Bertz CT molecular complexity index is 668. The molecule has 0 saturated carbocycles. The molecule has 0 N–H and O–H groups in total. The SMILES string of the molecule is C=C(C)COc1ccc(N2C(=O)C=CC2=O)cc1CC(=C)C. The van der Waals surface area contributed by atoms with Crippen LogP contribution in [0, 0.1) is 0 Å². The van der Waals surface area contributed by atoms with Gasteiger partial charge in [-0.25, -0.2) is 4.90 Å². The van der Waals surface area contributed by atoms with Gasteiger partial charge in [0.05, 0.1) is 5.69 Å². The first-order chi connectivity index (χ1) is 10.4. The molecule has 0 aromatic heterocycles. The molecule has 4 nitrogen and oxygen atoms in total. The molecule has 0 aliphatic carbocycles. The average molecular weight is 297 g/mol. The number of ether oxygens (including phenoxy) is 1. The van der Waals surface area contributed by atoms with Crippen LogP contribution in [0.25, 0.3) is 0 Å². The molecule has 1 aromatic rings. The fraction of sp³-hybridized carbons (Fsp3) is 0.222. The van der Waals surface area contributed by atoms with E-state index in [4.69, 9.17) is 4.74 Å². The highest BCUT2D eigenvalue weighted by Gasteiger charge is 2.25. The van der Waals surface area contributed by atoms with Crippen LogP contribution in [-0.4, -0.2) is 18.4 Å². The minimum absolute atomic E-state index is 0.332. The van der Waals surface area contributed by atoms with Gasteiger partial charge in [-0.3, -0.25) is 9.59 Å². The van der Waals surface area contributed by atoms with E-state index in [1.54, 1.807) is 18.2 Å². The van der Waals surface area contributed by atoms with Crippen LogP contribution in [0.4, 0.5) is 5.69 Å². The fourth-order valence-corrected chi connectivity index (χ4v) is 2.16. The molecule has 4 heteroatoms. The van der Waals surface area contributed by atoms with Gasteiger partial charge >= 0.3 is 0 Å². The lowest BCUT2D eigenvalue weighted by Gasteiger charge is -2.18.